The number of benzene rings is 2. The third kappa shape index (κ3) is 4.12. The average Bonchev–Trinajstić information content (AvgIpc) is 2.55. The standard InChI is InChI=1S/C21H24N2O3S/c1-13-5-6-20(16(4)9-13)27(25,26)22-8-7-17-12-18-15(3)10-14(2)11-19(18)23-21(17)24/h5-6,9-12,22H,7-8H2,1-4H3,(H,23,24). The van der Waals surface area contributed by atoms with Crippen LogP contribution in [0.25, 0.3) is 10.9 Å². The minimum atomic E-state index is -3.61. The minimum Gasteiger partial charge on any atom is -0.322 e. The summed E-state index contributed by atoms with van der Waals surface area (Å²) >= 11 is 0. The van der Waals surface area contributed by atoms with Crippen molar-refractivity contribution in [3.05, 3.63) is 74.6 Å². The lowest BCUT2D eigenvalue weighted by atomic mass is 10.0. The first-order chi connectivity index (χ1) is 12.7. The van der Waals surface area contributed by atoms with Gasteiger partial charge in [0.1, 0.15) is 0 Å². The van der Waals surface area contributed by atoms with Gasteiger partial charge in [0, 0.05) is 23.0 Å². The summed E-state index contributed by atoms with van der Waals surface area (Å²) in [6, 6.07) is 11.1. The van der Waals surface area contributed by atoms with E-state index in [0.717, 1.165) is 27.6 Å². The number of hydrogen-bond acceptors (Lipinski definition) is 3. The maximum atomic E-state index is 12.5. The first-order valence-electron chi connectivity index (χ1n) is 8.87. The topological polar surface area (TPSA) is 79.0 Å². The number of fused-ring (bicyclic) bond motifs is 1. The van der Waals surface area contributed by atoms with Gasteiger partial charge in [0.05, 0.1) is 4.90 Å². The smallest absolute Gasteiger partial charge is 0.251 e. The normalized spacial score (nSPS) is 11.9. The molecule has 1 aromatic heterocycles. The summed E-state index contributed by atoms with van der Waals surface area (Å²) in [4.78, 5) is 15.5. The Kier molecular flexibility index (Phi) is 5.22. The minimum absolute atomic E-state index is 0.162. The molecule has 5 nitrogen and oxygen atoms in total. The van der Waals surface area contributed by atoms with Crippen LogP contribution >= 0.6 is 0 Å². The van der Waals surface area contributed by atoms with Gasteiger partial charge in [0.15, 0.2) is 0 Å². The van der Waals surface area contributed by atoms with E-state index in [1.54, 1.807) is 19.1 Å². The summed E-state index contributed by atoms with van der Waals surface area (Å²) < 4.78 is 27.7. The number of H-pyrrole nitrogens is 1. The zero-order chi connectivity index (χ0) is 19.8. The molecule has 0 fully saturated rings. The van der Waals surface area contributed by atoms with Crippen molar-refractivity contribution in [3.8, 4) is 0 Å². The second-order valence-corrected chi connectivity index (χ2v) is 8.82. The van der Waals surface area contributed by atoms with Crippen molar-refractivity contribution in [1.29, 1.82) is 0 Å². The zero-order valence-corrected chi connectivity index (χ0v) is 16.8. The Morgan fingerprint density at radius 1 is 0.926 bits per heavy atom. The largest absolute Gasteiger partial charge is 0.322 e. The third-order valence-electron chi connectivity index (χ3n) is 4.70. The van der Waals surface area contributed by atoms with Crippen LogP contribution in [0.15, 0.2) is 46.1 Å². The van der Waals surface area contributed by atoms with E-state index in [0.29, 0.717) is 17.5 Å². The molecule has 1 heterocycles. The summed E-state index contributed by atoms with van der Waals surface area (Å²) in [6.45, 7) is 7.85. The van der Waals surface area contributed by atoms with Gasteiger partial charge in [-0.2, -0.15) is 0 Å². The van der Waals surface area contributed by atoms with Gasteiger partial charge in [-0.15, -0.1) is 0 Å². The predicted octanol–water partition coefficient (Wildman–Crippen LogP) is 3.28. The fourth-order valence-electron chi connectivity index (χ4n) is 3.40. The molecule has 142 valence electrons. The second-order valence-electron chi connectivity index (χ2n) is 7.08. The lowest BCUT2D eigenvalue weighted by Crippen LogP contribution is -2.28. The maximum Gasteiger partial charge on any atom is 0.251 e. The quantitative estimate of drug-likeness (QED) is 0.708. The van der Waals surface area contributed by atoms with E-state index in [-0.39, 0.29) is 17.0 Å². The lowest BCUT2D eigenvalue weighted by molar-refractivity contribution is 0.581. The summed E-state index contributed by atoms with van der Waals surface area (Å²) in [6.07, 6.45) is 0.322. The van der Waals surface area contributed by atoms with Gasteiger partial charge in [-0.1, -0.05) is 23.8 Å². The van der Waals surface area contributed by atoms with Gasteiger partial charge in [0.25, 0.3) is 5.56 Å². The SMILES string of the molecule is Cc1ccc(S(=O)(=O)NCCc2cc3c(C)cc(C)cc3[nH]c2=O)c(C)c1. The molecule has 3 rings (SSSR count). The number of hydrogen-bond donors (Lipinski definition) is 2. The van der Waals surface area contributed by atoms with Crippen molar-refractivity contribution >= 4 is 20.9 Å². The van der Waals surface area contributed by atoms with Crippen LogP contribution in [0.1, 0.15) is 27.8 Å². The Morgan fingerprint density at radius 2 is 1.63 bits per heavy atom. The van der Waals surface area contributed by atoms with Crippen LogP contribution in [0.4, 0.5) is 0 Å². The molecule has 2 N–H and O–H groups in total. The third-order valence-corrected chi connectivity index (χ3v) is 6.32. The Hall–Kier alpha value is -2.44. The molecule has 27 heavy (non-hydrogen) atoms. The molecule has 0 aliphatic heterocycles. The highest BCUT2D eigenvalue weighted by atomic mass is 32.2. The van der Waals surface area contributed by atoms with Crippen molar-refractivity contribution in [3.63, 3.8) is 0 Å². The van der Waals surface area contributed by atoms with E-state index < -0.39 is 10.0 Å². The summed E-state index contributed by atoms with van der Waals surface area (Å²) in [5.74, 6) is 0. The number of pyridine rings is 1. The van der Waals surface area contributed by atoms with Gasteiger partial charge in [-0.25, -0.2) is 13.1 Å². The molecule has 6 heteroatoms. The van der Waals surface area contributed by atoms with E-state index in [9.17, 15) is 13.2 Å². The first kappa shape index (κ1) is 19.3. The molecule has 2 aromatic carbocycles. The van der Waals surface area contributed by atoms with Crippen molar-refractivity contribution in [2.75, 3.05) is 6.54 Å². The molecule has 0 atom stereocenters. The Morgan fingerprint density at radius 3 is 2.33 bits per heavy atom. The summed E-state index contributed by atoms with van der Waals surface area (Å²) in [5, 5.41) is 0.979. The van der Waals surface area contributed by atoms with E-state index in [1.165, 1.54) is 0 Å². The highest BCUT2D eigenvalue weighted by Gasteiger charge is 2.16. The predicted molar refractivity (Wildman–Crippen MR) is 109 cm³/mol. The highest BCUT2D eigenvalue weighted by Crippen LogP contribution is 2.19. The van der Waals surface area contributed by atoms with Crippen LogP contribution in [0.2, 0.25) is 0 Å². The molecule has 0 radical (unpaired) electrons. The Bertz CT molecular complexity index is 1180. The lowest BCUT2D eigenvalue weighted by Gasteiger charge is -2.11. The molecular formula is C21H24N2O3S. The molecule has 0 saturated heterocycles. The molecule has 0 aliphatic carbocycles. The average molecular weight is 385 g/mol. The highest BCUT2D eigenvalue weighted by molar-refractivity contribution is 7.89. The number of aromatic amines is 1. The fourth-order valence-corrected chi connectivity index (χ4v) is 4.66. The van der Waals surface area contributed by atoms with Crippen LogP contribution in [-0.2, 0) is 16.4 Å². The number of aromatic nitrogens is 1. The fraction of sp³-hybridized carbons (Fsp3) is 0.286. The van der Waals surface area contributed by atoms with Crippen LogP contribution < -0.4 is 10.3 Å². The zero-order valence-electron chi connectivity index (χ0n) is 16.0. The van der Waals surface area contributed by atoms with Gasteiger partial charge >= 0.3 is 0 Å². The van der Waals surface area contributed by atoms with Crippen LogP contribution in [0.5, 0.6) is 0 Å². The molecule has 0 amide bonds. The molecule has 0 bridgehead atoms. The number of nitrogens with one attached hydrogen (secondary N) is 2. The second kappa shape index (κ2) is 7.29. The van der Waals surface area contributed by atoms with Gasteiger partial charge in [-0.05, 0) is 69.0 Å². The van der Waals surface area contributed by atoms with Crippen molar-refractivity contribution < 1.29 is 8.42 Å². The number of rotatable bonds is 5. The van der Waals surface area contributed by atoms with Crippen LogP contribution in [0, 0.1) is 27.7 Å². The van der Waals surface area contributed by atoms with E-state index in [4.69, 9.17) is 0 Å². The van der Waals surface area contributed by atoms with E-state index in [2.05, 4.69) is 15.8 Å². The molecule has 0 aliphatic rings. The molecule has 0 unspecified atom stereocenters. The maximum absolute atomic E-state index is 12.5. The van der Waals surface area contributed by atoms with Crippen molar-refractivity contribution in [2.45, 2.75) is 39.0 Å². The summed E-state index contributed by atoms with van der Waals surface area (Å²) in [5.41, 5.74) is 5.08. The molecule has 0 spiro atoms. The molecule has 3 aromatic rings. The van der Waals surface area contributed by atoms with Crippen LogP contribution in [-0.4, -0.2) is 19.9 Å². The number of aryl methyl sites for hydroxylation is 4. The Balaban J connectivity index is 1.81. The number of sulfonamides is 1. The monoisotopic (exact) mass is 384 g/mol. The van der Waals surface area contributed by atoms with Gasteiger partial charge < -0.3 is 4.98 Å². The van der Waals surface area contributed by atoms with Gasteiger partial charge in [0.2, 0.25) is 10.0 Å². The van der Waals surface area contributed by atoms with E-state index >= 15 is 0 Å². The van der Waals surface area contributed by atoms with Crippen molar-refractivity contribution in [1.82, 2.24) is 9.71 Å². The molecule has 0 saturated carbocycles. The Labute approximate surface area is 159 Å². The van der Waals surface area contributed by atoms with Crippen LogP contribution in [0.3, 0.4) is 0 Å². The first-order valence-corrected chi connectivity index (χ1v) is 10.4. The summed E-state index contributed by atoms with van der Waals surface area (Å²) in [7, 11) is -3.61. The van der Waals surface area contributed by atoms with E-state index in [1.807, 2.05) is 39.0 Å². The van der Waals surface area contributed by atoms with Crippen molar-refractivity contribution in [2.24, 2.45) is 0 Å². The molecular weight excluding hydrogens is 360 g/mol. The van der Waals surface area contributed by atoms with Gasteiger partial charge in [-0.3, -0.25) is 4.79 Å².